The van der Waals surface area contributed by atoms with Gasteiger partial charge < -0.3 is 16.7 Å². The van der Waals surface area contributed by atoms with Gasteiger partial charge in [-0.05, 0) is 79.2 Å². The lowest BCUT2D eigenvalue weighted by Crippen LogP contribution is -1.88. The van der Waals surface area contributed by atoms with E-state index in [1.165, 1.54) is 0 Å². The normalized spacial score (nSPS) is 9.06. The number of aldehydes is 2. The Labute approximate surface area is 201 Å². The van der Waals surface area contributed by atoms with Crippen molar-refractivity contribution in [1.29, 1.82) is 0 Å². The van der Waals surface area contributed by atoms with Gasteiger partial charge in [0.05, 0.1) is 14.2 Å². The van der Waals surface area contributed by atoms with Gasteiger partial charge in [-0.15, -0.1) is 0 Å². The molecule has 0 N–H and O–H groups in total. The topological polar surface area (TPSA) is 71.1 Å². The van der Waals surface area contributed by atoms with Gasteiger partial charge >= 0.3 is 0 Å². The second kappa shape index (κ2) is 15.1. The van der Waals surface area contributed by atoms with Crippen LogP contribution in [0, 0.1) is 6.92 Å². The standard InChI is InChI=1S/C9H12O2.C7H5IO2.C7H6O2S/c1-7-6-8(10-2)4-5-9(7)11-3;8-10-7-3-1-6(5-9)2-4-7;8-5-6-1-3-7(9-10)4-2-6/h4-6H,1-3H3;1-5H;1-5,10H. The molecule has 0 aliphatic carbocycles. The Kier molecular flexibility index (Phi) is 12.8. The van der Waals surface area contributed by atoms with Crippen LogP contribution in [0.3, 0.4) is 0 Å². The molecule has 0 unspecified atom stereocenters. The Morgan fingerprint density at radius 2 is 1.23 bits per heavy atom. The number of thiol groups is 1. The second-order valence-electron chi connectivity index (χ2n) is 5.88. The summed E-state index contributed by atoms with van der Waals surface area (Å²) >= 11 is 5.37. The molecule has 0 saturated carbocycles. The third-order valence-corrected chi connectivity index (χ3v) is 4.55. The third kappa shape index (κ3) is 9.75. The zero-order chi connectivity index (χ0) is 23.1. The van der Waals surface area contributed by atoms with E-state index >= 15 is 0 Å². The SMILES string of the molecule is COc1ccc(OC)c(C)c1.O=Cc1ccc(OI)cc1.O=Cc1ccc(OS)cc1. The number of halogens is 1. The lowest BCUT2D eigenvalue weighted by atomic mass is 10.2. The molecule has 31 heavy (non-hydrogen) atoms. The third-order valence-electron chi connectivity index (χ3n) is 3.83. The molecule has 0 aliphatic rings. The van der Waals surface area contributed by atoms with E-state index in [-0.39, 0.29) is 0 Å². The minimum atomic E-state index is 0.633. The van der Waals surface area contributed by atoms with Gasteiger partial charge in [-0.25, -0.2) is 0 Å². The van der Waals surface area contributed by atoms with E-state index in [2.05, 4.69) is 17.1 Å². The average molecular weight is 554 g/mol. The van der Waals surface area contributed by atoms with Crippen molar-refractivity contribution in [3.05, 3.63) is 83.4 Å². The van der Waals surface area contributed by atoms with Gasteiger partial charge in [-0.2, -0.15) is 0 Å². The zero-order valence-corrected chi connectivity index (χ0v) is 20.3. The molecule has 0 spiro atoms. The molecule has 0 fully saturated rings. The molecular formula is C23H23IO6S. The summed E-state index contributed by atoms with van der Waals surface area (Å²) < 4.78 is 19.6. The molecule has 6 nitrogen and oxygen atoms in total. The van der Waals surface area contributed by atoms with Crippen LogP contribution in [-0.4, -0.2) is 26.8 Å². The highest BCUT2D eigenvalue weighted by molar-refractivity contribution is 14.1. The van der Waals surface area contributed by atoms with Gasteiger partial charge in [0.2, 0.25) is 0 Å². The van der Waals surface area contributed by atoms with E-state index in [9.17, 15) is 9.59 Å². The van der Waals surface area contributed by atoms with Crippen molar-refractivity contribution in [2.24, 2.45) is 0 Å². The van der Waals surface area contributed by atoms with Crippen LogP contribution < -0.4 is 16.7 Å². The van der Waals surface area contributed by atoms with Crippen LogP contribution in [0.5, 0.6) is 23.0 Å². The Hall–Kier alpha value is -2.72. The van der Waals surface area contributed by atoms with Gasteiger partial charge in [-0.3, -0.25) is 9.59 Å². The molecule has 0 bridgehead atoms. The molecule has 0 aliphatic heterocycles. The van der Waals surface area contributed by atoms with Gasteiger partial charge in [0.25, 0.3) is 0 Å². The van der Waals surface area contributed by atoms with Crippen molar-refractivity contribution in [1.82, 2.24) is 0 Å². The van der Waals surface area contributed by atoms with Crippen molar-refractivity contribution in [3.63, 3.8) is 0 Å². The number of hydrogen-bond acceptors (Lipinski definition) is 7. The fourth-order valence-corrected chi connectivity index (χ4v) is 2.60. The molecular weight excluding hydrogens is 531 g/mol. The van der Waals surface area contributed by atoms with Crippen LogP contribution in [0.25, 0.3) is 0 Å². The molecule has 3 aromatic rings. The molecule has 0 atom stereocenters. The molecule has 0 aromatic heterocycles. The second-order valence-corrected chi connectivity index (χ2v) is 6.50. The van der Waals surface area contributed by atoms with Crippen LogP contribution in [-0.2, 0) is 0 Å². The number of aryl methyl sites for hydroxylation is 1. The Balaban J connectivity index is 0.000000233. The molecule has 0 heterocycles. The summed E-state index contributed by atoms with van der Waals surface area (Å²) in [5.74, 6) is 3.15. The van der Waals surface area contributed by atoms with Crippen molar-refractivity contribution in [2.75, 3.05) is 14.2 Å². The number of hydrogen-bond donors (Lipinski definition) is 1. The van der Waals surface area contributed by atoms with Crippen LogP contribution in [0.1, 0.15) is 26.3 Å². The Morgan fingerprint density at radius 3 is 1.58 bits per heavy atom. The predicted molar refractivity (Wildman–Crippen MR) is 132 cm³/mol. The van der Waals surface area contributed by atoms with Crippen LogP contribution in [0.2, 0.25) is 0 Å². The zero-order valence-electron chi connectivity index (χ0n) is 17.3. The summed E-state index contributed by atoms with van der Waals surface area (Å²) in [5.41, 5.74) is 2.39. The quantitative estimate of drug-likeness (QED) is 0.176. The molecule has 3 aromatic carbocycles. The average Bonchev–Trinajstić information content (AvgIpc) is 2.84. The van der Waals surface area contributed by atoms with E-state index in [0.29, 0.717) is 16.9 Å². The fraction of sp³-hybridized carbons (Fsp3) is 0.130. The van der Waals surface area contributed by atoms with Crippen molar-refractivity contribution in [3.8, 4) is 23.0 Å². The first-order valence-corrected chi connectivity index (χ1v) is 10.1. The lowest BCUT2D eigenvalue weighted by molar-refractivity contribution is 0.111. The van der Waals surface area contributed by atoms with Crippen molar-refractivity contribution < 1.29 is 26.3 Å². The maximum atomic E-state index is 10.2. The molecule has 3 rings (SSSR count). The maximum absolute atomic E-state index is 10.2. The highest BCUT2D eigenvalue weighted by Crippen LogP contribution is 2.22. The van der Waals surface area contributed by atoms with Gasteiger partial charge in [-0.1, -0.05) is 0 Å². The number of carbonyl (C=O) groups excluding carboxylic acids is 2. The van der Waals surface area contributed by atoms with Gasteiger partial charge in [0, 0.05) is 24.0 Å². The van der Waals surface area contributed by atoms with Crippen LogP contribution in [0.4, 0.5) is 0 Å². The molecule has 0 radical (unpaired) electrons. The van der Waals surface area contributed by atoms with E-state index in [1.54, 1.807) is 85.8 Å². The van der Waals surface area contributed by atoms with Crippen molar-refractivity contribution >= 4 is 48.5 Å². The number of rotatable bonds is 6. The van der Waals surface area contributed by atoms with Crippen LogP contribution in [0.15, 0.2) is 66.7 Å². The molecule has 0 saturated heterocycles. The summed E-state index contributed by atoms with van der Waals surface area (Å²) in [5, 5.41) is 0. The summed E-state index contributed by atoms with van der Waals surface area (Å²) in [6, 6.07) is 19.3. The fourth-order valence-electron chi connectivity index (χ4n) is 2.18. The lowest BCUT2D eigenvalue weighted by Gasteiger charge is -2.05. The number of benzene rings is 3. The summed E-state index contributed by atoms with van der Waals surface area (Å²) in [6.45, 7) is 1.99. The van der Waals surface area contributed by atoms with E-state index in [4.69, 9.17) is 12.5 Å². The van der Waals surface area contributed by atoms with E-state index < -0.39 is 0 Å². The number of ether oxygens (including phenoxy) is 2. The monoisotopic (exact) mass is 554 g/mol. The minimum absolute atomic E-state index is 0.633. The predicted octanol–water partition coefficient (Wildman–Crippen LogP) is 5.96. The summed E-state index contributed by atoms with van der Waals surface area (Å²) in [4.78, 5) is 20.3. The van der Waals surface area contributed by atoms with E-state index in [0.717, 1.165) is 35.4 Å². The minimum Gasteiger partial charge on any atom is -0.497 e. The van der Waals surface area contributed by atoms with Gasteiger partial charge in [0.15, 0.2) is 23.0 Å². The Morgan fingerprint density at radius 1 is 0.742 bits per heavy atom. The van der Waals surface area contributed by atoms with E-state index in [1.807, 2.05) is 25.1 Å². The highest BCUT2D eigenvalue weighted by atomic mass is 127. The highest BCUT2D eigenvalue weighted by Gasteiger charge is 1.98. The van der Waals surface area contributed by atoms with Gasteiger partial charge in [0.1, 0.15) is 35.6 Å². The number of methoxy groups -OCH3 is 2. The first-order chi connectivity index (χ1) is 15.0. The smallest absolute Gasteiger partial charge is 0.192 e. The molecule has 0 amide bonds. The van der Waals surface area contributed by atoms with Crippen LogP contribution >= 0.6 is 35.9 Å². The summed E-state index contributed by atoms with van der Waals surface area (Å²) in [6.07, 6.45) is 1.58. The number of carbonyl (C=O) groups is 2. The molecule has 164 valence electrons. The largest absolute Gasteiger partial charge is 0.497 e. The summed E-state index contributed by atoms with van der Waals surface area (Å²) in [7, 11) is 3.32. The molecule has 8 heteroatoms. The first-order valence-electron chi connectivity index (χ1n) is 8.90. The first kappa shape index (κ1) is 26.3. The maximum Gasteiger partial charge on any atom is 0.192 e. The Bertz CT molecular complexity index is 878. The van der Waals surface area contributed by atoms with Crippen molar-refractivity contribution in [2.45, 2.75) is 6.92 Å².